The van der Waals surface area contributed by atoms with E-state index in [0.717, 1.165) is 11.4 Å². The van der Waals surface area contributed by atoms with Gasteiger partial charge >= 0.3 is 0 Å². The lowest BCUT2D eigenvalue weighted by molar-refractivity contribution is 0.0955. The molecule has 0 fully saturated rings. The molecule has 20 heavy (non-hydrogen) atoms. The molecule has 0 aliphatic heterocycles. The zero-order chi connectivity index (χ0) is 13.8. The second-order valence-corrected chi connectivity index (χ2v) is 5.06. The van der Waals surface area contributed by atoms with Crippen molar-refractivity contribution < 1.29 is 4.79 Å². The summed E-state index contributed by atoms with van der Waals surface area (Å²) in [5, 5.41) is 4.79. The van der Waals surface area contributed by atoms with Crippen LogP contribution in [0, 0.1) is 0 Å². The van der Waals surface area contributed by atoms with E-state index >= 15 is 0 Å². The summed E-state index contributed by atoms with van der Waals surface area (Å²) in [7, 11) is 0. The van der Waals surface area contributed by atoms with Crippen molar-refractivity contribution in [2.75, 3.05) is 0 Å². The van der Waals surface area contributed by atoms with Crippen molar-refractivity contribution in [2.45, 2.75) is 6.54 Å². The number of thiophene rings is 1. The molecular formula is C14H12N4OS. The summed E-state index contributed by atoms with van der Waals surface area (Å²) in [5.74, 6) is 0.705. The van der Waals surface area contributed by atoms with Gasteiger partial charge in [0.05, 0.1) is 4.88 Å². The van der Waals surface area contributed by atoms with Gasteiger partial charge < -0.3 is 5.32 Å². The van der Waals surface area contributed by atoms with Gasteiger partial charge in [0.25, 0.3) is 5.91 Å². The molecule has 3 heterocycles. The highest BCUT2D eigenvalue weighted by molar-refractivity contribution is 7.12. The molecule has 0 atom stereocenters. The summed E-state index contributed by atoms with van der Waals surface area (Å²) >= 11 is 1.43. The minimum Gasteiger partial charge on any atom is -0.347 e. The van der Waals surface area contributed by atoms with Crippen LogP contribution in [0.15, 0.2) is 54.6 Å². The number of hydrogen-bond donors (Lipinski definition) is 1. The second-order valence-electron chi connectivity index (χ2n) is 4.12. The number of amides is 1. The lowest BCUT2D eigenvalue weighted by atomic mass is 10.2. The number of imidazole rings is 1. The summed E-state index contributed by atoms with van der Waals surface area (Å²) in [6, 6.07) is 7.46. The van der Waals surface area contributed by atoms with E-state index in [9.17, 15) is 4.79 Å². The van der Waals surface area contributed by atoms with Gasteiger partial charge in [0, 0.05) is 30.7 Å². The van der Waals surface area contributed by atoms with Gasteiger partial charge in [0.1, 0.15) is 12.1 Å². The van der Waals surface area contributed by atoms with E-state index < -0.39 is 0 Å². The van der Waals surface area contributed by atoms with Crippen molar-refractivity contribution in [2.24, 2.45) is 0 Å². The van der Waals surface area contributed by atoms with Gasteiger partial charge in [0.2, 0.25) is 0 Å². The van der Waals surface area contributed by atoms with Crippen molar-refractivity contribution in [1.29, 1.82) is 0 Å². The smallest absolute Gasteiger partial charge is 0.261 e. The molecule has 0 aromatic carbocycles. The lowest BCUT2D eigenvalue weighted by Gasteiger charge is -2.09. The van der Waals surface area contributed by atoms with Crippen molar-refractivity contribution in [3.8, 4) is 5.82 Å². The van der Waals surface area contributed by atoms with Gasteiger partial charge in [-0.25, -0.2) is 9.97 Å². The first kappa shape index (κ1) is 12.6. The van der Waals surface area contributed by atoms with E-state index in [1.807, 2.05) is 34.3 Å². The van der Waals surface area contributed by atoms with Crippen LogP contribution in [0.4, 0.5) is 0 Å². The highest BCUT2D eigenvalue weighted by atomic mass is 32.1. The second kappa shape index (κ2) is 5.66. The third kappa shape index (κ3) is 2.60. The first-order chi connectivity index (χ1) is 9.84. The Bertz CT molecular complexity index is 692. The number of hydrogen-bond acceptors (Lipinski definition) is 4. The molecule has 0 saturated carbocycles. The molecule has 0 aliphatic rings. The quantitative estimate of drug-likeness (QED) is 0.799. The molecule has 0 saturated heterocycles. The molecule has 3 aromatic heterocycles. The van der Waals surface area contributed by atoms with E-state index in [1.54, 1.807) is 24.8 Å². The number of aromatic nitrogens is 3. The topological polar surface area (TPSA) is 59.8 Å². The van der Waals surface area contributed by atoms with Crippen molar-refractivity contribution in [3.63, 3.8) is 0 Å². The van der Waals surface area contributed by atoms with Crippen LogP contribution in [0.3, 0.4) is 0 Å². The van der Waals surface area contributed by atoms with Gasteiger partial charge in [-0.2, -0.15) is 0 Å². The molecule has 0 unspecified atom stereocenters. The minimum absolute atomic E-state index is 0.0690. The summed E-state index contributed by atoms with van der Waals surface area (Å²) in [5.41, 5.74) is 0.940. The van der Waals surface area contributed by atoms with E-state index in [-0.39, 0.29) is 5.91 Å². The van der Waals surface area contributed by atoms with Crippen LogP contribution >= 0.6 is 11.3 Å². The van der Waals surface area contributed by atoms with Crippen LogP contribution in [0.2, 0.25) is 0 Å². The first-order valence-corrected chi connectivity index (χ1v) is 6.96. The molecule has 1 N–H and O–H groups in total. The van der Waals surface area contributed by atoms with E-state index in [2.05, 4.69) is 15.3 Å². The van der Waals surface area contributed by atoms with E-state index in [1.165, 1.54) is 11.3 Å². The highest BCUT2D eigenvalue weighted by Crippen LogP contribution is 2.12. The fourth-order valence-corrected chi connectivity index (χ4v) is 2.50. The summed E-state index contributed by atoms with van der Waals surface area (Å²) in [4.78, 5) is 21.0. The molecule has 0 bridgehead atoms. The predicted octanol–water partition coefficient (Wildman–Crippen LogP) is 2.26. The Balaban J connectivity index is 1.77. The maximum atomic E-state index is 11.9. The molecular weight excluding hydrogens is 272 g/mol. The van der Waals surface area contributed by atoms with Gasteiger partial charge in [-0.1, -0.05) is 12.1 Å². The molecule has 100 valence electrons. The number of rotatable bonds is 4. The maximum absolute atomic E-state index is 11.9. The first-order valence-electron chi connectivity index (χ1n) is 6.08. The number of nitrogens with zero attached hydrogens (tertiary/aromatic N) is 3. The monoisotopic (exact) mass is 284 g/mol. The maximum Gasteiger partial charge on any atom is 0.261 e. The van der Waals surface area contributed by atoms with Crippen molar-refractivity contribution in [1.82, 2.24) is 19.9 Å². The van der Waals surface area contributed by atoms with Crippen LogP contribution in [-0.2, 0) is 6.54 Å². The Labute approximate surface area is 119 Å². The zero-order valence-electron chi connectivity index (χ0n) is 10.6. The molecule has 6 heteroatoms. The summed E-state index contributed by atoms with van der Waals surface area (Å²) in [6.45, 7) is 0.429. The summed E-state index contributed by atoms with van der Waals surface area (Å²) in [6.07, 6.45) is 6.93. The zero-order valence-corrected chi connectivity index (χ0v) is 11.4. The van der Waals surface area contributed by atoms with Gasteiger partial charge in [-0.15, -0.1) is 11.3 Å². The third-order valence-electron chi connectivity index (χ3n) is 2.80. The van der Waals surface area contributed by atoms with Crippen LogP contribution < -0.4 is 5.32 Å². The molecule has 0 radical (unpaired) electrons. The third-order valence-corrected chi connectivity index (χ3v) is 3.67. The van der Waals surface area contributed by atoms with Crippen LogP contribution in [0.25, 0.3) is 5.82 Å². The molecule has 3 aromatic rings. The highest BCUT2D eigenvalue weighted by Gasteiger charge is 2.09. The minimum atomic E-state index is -0.0690. The molecule has 5 nitrogen and oxygen atoms in total. The van der Waals surface area contributed by atoms with Gasteiger partial charge in [0.15, 0.2) is 0 Å². The Morgan fingerprint density at radius 2 is 2.25 bits per heavy atom. The Kier molecular flexibility index (Phi) is 3.56. The average Bonchev–Trinajstić information content (AvgIpc) is 3.17. The Morgan fingerprint density at radius 3 is 3.00 bits per heavy atom. The van der Waals surface area contributed by atoms with Gasteiger partial charge in [-0.3, -0.25) is 9.36 Å². The van der Waals surface area contributed by atoms with E-state index in [4.69, 9.17) is 0 Å². The van der Waals surface area contributed by atoms with E-state index in [0.29, 0.717) is 11.4 Å². The number of nitrogens with one attached hydrogen (secondary N) is 1. The van der Waals surface area contributed by atoms with Crippen molar-refractivity contribution >= 4 is 17.2 Å². The average molecular weight is 284 g/mol. The number of pyridine rings is 1. The Morgan fingerprint density at radius 1 is 1.30 bits per heavy atom. The van der Waals surface area contributed by atoms with Crippen LogP contribution in [-0.4, -0.2) is 20.4 Å². The fraction of sp³-hybridized carbons (Fsp3) is 0.0714. The Hall–Kier alpha value is -2.47. The van der Waals surface area contributed by atoms with Crippen LogP contribution in [0.1, 0.15) is 15.2 Å². The largest absolute Gasteiger partial charge is 0.347 e. The fourth-order valence-electron chi connectivity index (χ4n) is 1.86. The standard InChI is InChI=1S/C14H12N4OS/c19-14(12-4-2-8-20-12)17-9-11-3-1-5-16-13(11)18-7-6-15-10-18/h1-8,10H,9H2,(H,17,19). The lowest BCUT2D eigenvalue weighted by Crippen LogP contribution is -2.22. The number of carbonyl (C=O) groups is 1. The van der Waals surface area contributed by atoms with Gasteiger partial charge in [-0.05, 0) is 17.5 Å². The molecule has 0 spiro atoms. The number of carbonyl (C=O) groups excluding carboxylic acids is 1. The predicted molar refractivity (Wildman–Crippen MR) is 76.8 cm³/mol. The molecule has 1 amide bonds. The summed E-state index contributed by atoms with van der Waals surface area (Å²) < 4.78 is 1.83. The van der Waals surface area contributed by atoms with Crippen molar-refractivity contribution in [3.05, 3.63) is 65.0 Å². The van der Waals surface area contributed by atoms with Crippen LogP contribution in [0.5, 0.6) is 0 Å². The molecule has 0 aliphatic carbocycles. The SMILES string of the molecule is O=C(NCc1cccnc1-n1ccnc1)c1cccs1. The normalized spacial score (nSPS) is 10.4. The molecule has 3 rings (SSSR count).